The van der Waals surface area contributed by atoms with Crippen LogP contribution in [0.25, 0.3) is 0 Å². The second-order valence-electron chi connectivity index (χ2n) is 7.65. The molecule has 5 nitrogen and oxygen atoms in total. The second kappa shape index (κ2) is 7.13. The summed E-state index contributed by atoms with van der Waals surface area (Å²) in [6.07, 6.45) is 4.17. The summed E-state index contributed by atoms with van der Waals surface area (Å²) in [6.45, 7) is 6.55. The Morgan fingerprint density at radius 1 is 1.19 bits per heavy atom. The van der Waals surface area contributed by atoms with Crippen molar-refractivity contribution in [2.75, 3.05) is 18.4 Å². The lowest BCUT2D eigenvalue weighted by molar-refractivity contribution is 0.0174. The molecule has 7 heteroatoms. The summed E-state index contributed by atoms with van der Waals surface area (Å²) in [4.78, 5) is 11.5. The van der Waals surface area contributed by atoms with Gasteiger partial charge in [-0.15, -0.1) is 0 Å². The number of anilines is 2. The van der Waals surface area contributed by atoms with E-state index in [2.05, 4.69) is 25.5 Å². The molecule has 0 bridgehead atoms. The molecule has 0 unspecified atom stereocenters. The van der Waals surface area contributed by atoms with E-state index < -0.39 is 5.92 Å². The van der Waals surface area contributed by atoms with Crippen molar-refractivity contribution in [3.8, 4) is 0 Å². The van der Waals surface area contributed by atoms with Crippen molar-refractivity contribution in [1.29, 1.82) is 0 Å². The van der Waals surface area contributed by atoms with E-state index in [-0.39, 0.29) is 5.56 Å². The molecule has 0 atom stereocenters. The summed E-state index contributed by atoms with van der Waals surface area (Å²) >= 11 is 0. The average Bonchev–Trinajstić information content (AvgIpc) is 3.04. The summed E-state index contributed by atoms with van der Waals surface area (Å²) in [5.74, 6) is -2.42. The third-order valence-electron chi connectivity index (χ3n) is 5.35. The first-order valence-corrected chi connectivity index (χ1v) is 9.45. The fourth-order valence-electron chi connectivity index (χ4n) is 3.91. The molecule has 2 aromatic rings. The first kappa shape index (κ1) is 18.3. The fraction of sp³-hybridized carbons (Fsp3) is 0.500. The van der Waals surface area contributed by atoms with Crippen LogP contribution in [0, 0.1) is 6.92 Å². The van der Waals surface area contributed by atoms with Gasteiger partial charge in [-0.05, 0) is 56.6 Å². The highest BCUT2D eigenvalue weighted by molar-refractivity contribution is 5.57. The minimum Gasteiger partial charge on any atom is -0.324 e. The number of hydrogen-bond donors (Lipinski definition) is 2. The van der Waals surface area contributed by atoms with E-state index in [4.69, 9.17) is 0 Å². The number of rotatable bonds is 4. The van der Waals surface area contributed by atoms with Crippen LogP contribution in [-0.2, 0) is 19.0 Å². The van der Waals surface area contributed by atoms with Gasteiger partial charge in [-0.1, -0.05) is 0 Å². The molecule has 3 heterocycles. The molecular formula is C20H25F2N5. The predicted molar refractivity (Wildman–Crippen MR) is 101 cm³/mol. The molecule has 2 aliphatic rings. The first-order valence-electron chi connectivity index (χ1n) is 9.45. The Morgan fingerprint density at radius 3 is 2.70 bits per heavy atom. The van der Waals surface area contributed by atoms with E-state index in [1.54, 1.807) is 6.92 Å². The van der Waals surface area contributed by atoms with E-state index in [1.807, 2.05) is 12.3 Å². The summed E-state index contributed by atoms with van der Waals surface area (Å²) in [7, 11) is 0. The molecule has 27 heavy (non-hydrogen) atoms. The number of fused-ring (bicyclic) bond motifs is 1. The lowest BCUT2D eigenvalue weighted by Crippen LogP contribution is -2.40. The highest BCUT2D eigenvalue weighted by Crippen LogP contribution is 2.31. The Bertz CT molecular complexity index is 828. The second-order valence-corrected chi connectivity index (χ2v) is 7.65. The topological polar surface area (TPSA) is 53.1 Å². The Morgan fingerprint density at radius 2 is 1.96 bits per heavy atom. The lowest BCUT2D eigenvalue weighted by Gasteiger charge is -2.30. The molecule has 0 aliphatic carbocycles. The van der Waals surface area contributed by atoms with Crippen molar-refractivity contribution in [1.82, 2.24) is 20.2 Å². The monoisotopic (exact) mass is 373 g/mol. The third kappa shape index (κ3) is 4.09. The van der Waals surface area contributed by atoms with Crippen molar-refractivity contribution in [2.24, 2.45) is 0 Å². The SMILES string of the molecule is Cc1cc(Nc2ncc3c(n2)CN(C2CCNCC2)C3)cc(C(C)(F)F)c1. The van der Waals surface area contributed by atoms with Crippen LogP contribution < -0.4 is 10.6 Å². The van der Waals surface area contributed by atoms with Gasteiger partial charge in [0.25, 0.3) is 5.92 Å². The van der Waals surface area contributed by atoms with Crippen molar-refractivity contribution in [3.63, 3.8) is 0 Å². The van der Waals surface area contributed by atoms with Crippen molar-refractivity contribution in [2.45, 2.75) is 51.7 Å². The van der Waals surface area contributed by atoms with E-state index in [0.29, 0.717) is 17.7 Å². The largest absolute Gasteiger partial charge is 0.324 e. The van der Waals surface area contributed by atoms with E-state index in [1.165, 1.54) is 12.1 Å². The van der Waals surface area contributed by atoms with Gasteiger partial charge in [0.15, 0.2) is 0 Å². The highest BCUT2D eigenvalue weighted by atomic mass is 19.3. The molecule has 2 aliphatic heterocycles. The Labute approximate surface area is 158 Å². The van der Waals surface area contributed by atoms with Crippen LogP contribution >= 0.6 is 0 Å². The normalized spacial score (nSPS) is 18.5. The number of nitrogens with one attached hydrogen (secondary N) is 2. The quantitative estimate of drug-likeness (QED) is 0.856. The smallest absolute Gasteiger partial charge is 0.270 e. The number of benzene rings is 1. The van der Waals surface area contributed by atoms with Gasteiger partial charge in [0, 0.05) is 49.1 Å². The number of aromatic nitrogens is 2. The zero-order chi connectivity index (χ0) is 19.0. The summed E-state index contributed by atoms with van der Waals surface area (Å²) in [5.41, 5.74) is 3.53. The Balaban J connectivity index is 1.50. The number of piperidine rings is 1. The number of alkyl halides is 2. The summed E-state index contributed by atoms with van der Waals surface area (Å²) in [5, 5.41) is 6.49. The predicted octanol–water partition coefficient (Wildman–Crippen LogP) is 3.71. The zero-order valence-corrected chi connectivity index (χ0v) is 15.7. The summed E-state index contributed by atoms with van der Waals surface area (Å²) in [6, 6.07) is 5.38. The highest BCUT2D eigenvalue weighted by Gasteiger charge is 2.28. The van der Waals surface area contributed by atoms with Gasteiger partial charge >= 0.3 is 0 Å². The molecule has 1 fully saturated rings. The first-order chi connectivity index (χ1) is 12.9. The standard InChI is InChI=1S/C20H25F2N5/c1-13-7-15(20(2,21)22)9-16(8-13)25-19-24-10-14-11-27(12-18(14)26-19)17-3-5-23-6-4-17/h7-10,17,23H,3-6,11-12H2,1-2H3,(H,24,25,26). The molecular weight excluding hydrogens is 348 g/mol. The van der Waals surface area contributed by atoms with Crippen molar-refractivity contribution < 1.29 is 8.78 Å². The van der Waals surface area contributed by atoms with Gasteiger partial charge in [0.05, 0.1) is 5.69 Å². The van der Waals surface area contributed by atoms with Crippen molar-refractivity contribution >= 4 is 11.6 Å². The van der Waals surface area contributed by atoms with Crippen LogP contribution in [0.15, 0.2) is 24.4 Å². The maximum Gasteiger partial charge on any atom is 0.270 e. The molecule has 1 saturated heterocycles. The Kier molecular flexibility index (Phi) is 4.82. The third-order valence-corrected chi connectivity index (χ3v) is 5.35. The molecule has 0 spiro atoms. The molecule has 1 aromatic carbocycles. The van der Waals surface area contributed by atoms with Gasteiger partial charge in [-0.25, -0.2) is 18.7 Å². The molecule has 1 aromatic heterocycles. The number of nitrogens with zero attached hydrogens (tertiary/aromatic N) is 3. The molecule has 0 saturated carbocycles. The molecule has 144 valence electrons. The van der Waals surface area contributed by atoms with E-state index in [9.17, 15) is 8.78 Å². The average molecular weight is 373 g/mol. The minimum absolute atomic E-state index is 0.0109. The van der Waals surface area contributed by atoms with Crippen LogP contribution in [-0.4, -0.2) is 34.0 Å². The number of halogens is 2. The van der Waals surface area contributed by atoms with Crippen LogP contribution in [0.2, 0.25) is 0 Å². The maximum absolute atomic E-state index is 13.7. The summed E-state index contributed by atoms with van der Waals surface area (Å²) < 4.78 is 27.4. The van der Waals surface area contributed by atoms with E-state index >= 15 is 0 Å². The van der Waals surface area contributed by atoms with Gasteiger partial charge in [0.1, 0.15) is 0 Å². The zero-order valence-electron chi connectivity index (χ0n) is 15.7. The van der Waals surface area contributed by atoms with Crippen LogP contribution in [0.3, 0.4) is 0 Å². The fourth-order valence-corrected chi connectivity index (χ4v) is 3.91. The van der Waals surface area contributed by atoms with E-state index in [0.717, 1.165) is 62.8 Å². The maximum atomic E-state index is 13.7. The molecule has 4 rings (SSSR count). The number of aryl methyl sites for hydroxylation is 1. The van der Waals surface area contributed by atoms with Gasteiger partial charge in [0.2, 0.25) is 5.95 Å². The molecule has 0 radical (unpaired) electrons. The molecule has 2 N–H and O–H groups in total. The minimum atomic E-state index is -2.88. The number of hydrogen-bond acceptors (Lipinski definition) is 5. The van der Waals surface area contributed by atoms with Crippen LogP contribution in [0.4, 0.5) is 20.4 Å². The van der Waals surface area contributed by atoms with Gasteiger partial charge in [-0.2, -0.15) is 0 Å². The van der Waals surface area contributed by atoms with Gasteiger partial charge < -0.3 is 10.6 Å². The molecule has 0 amide bonds. The Hall–Kier alpha value is -2.12. The van der Waals surface area contributed by atoms with Gasteiger partial charge in [-0.3, -0.25) is 4.90 Å². The van der Waals surface area contributed by atoms with Crippen LogP contribution in [0.5, 0.6) is 0 Å². The lowest BCUT2D eigenvalue weighted by atomic mass is 10.1. The van der Waals surface area contributed by atoms with Crippen molar-refractivity contribution in [3.05, 3.63) is 46.8 Å². The van der Waals surface area contributed by atoms with Crippen LogP contribution in [0.1, 0.15) is 42.1 Å².